The van der Waals surface area contributed by atoms with E-state index in [1.807, 2.05) is 0 Å². The minimum atomic E-state index is -1.49. The fraction of sp³-hybridized carbons (Fsp3) is 0.500. The van der Waals surface area contributed by atoms with Crippen molar-refractivity contribution in [2.45, 2.75) is 43.8 Å². The third kappa shape index (κ3) is 9.73. The van der Waals surface area contributed by atoms with Crippen molar-refractivity contribution in [3.8, 4) is 5.75 Å². The third-order valence-corrected chi connectivity index (χ3v) is 4.55. The van der Waals surface area contributed by atoms with Crippen LogP contribution in [-0.2, 0) is 25.6 Å². The lowest BCUT2D eigenvalue weighted by Gasteiger charge is -2.21. The molecule has 1 aromatic carbocycles. The molecule has 10 N–H and O–H groups in total. The van der Waals surface area contributed by atoms with Crippen molar-refractivity contribution in [2.75, 3.05) is 19.7 Å². The predicted molar refractivity (Wildman–Crippen MR) is 114 cm³/mol. The van der Waals surface area contributed by atoms with Crippen LogP contribution >= 0.6 is 0 Å². The molecule has 3 amide bonds. The van der Waals surface area contributed by atoms with Crippen LogP contribution in [0, 0.1) is 0 Å². The molecule has 0 aliphatic heterocycles. The lowest BCUT2D eigenvalue weighted by atomic mass is 10.0. The topological polar surface area (TPSA) is 217 Å². The number of benzene rings is 1. The number of carboxylic acid groups (broad SMARTS) is 1. The van der Waals surface area contributed by atoms with E-state index in [1.165, 1.54) is 12.1 Å². The summed E-state index contributed by atoms with van der Waals surface area (Å²) >= 11 is 0. The van der Waals surface area contributed by atoms with E-state index in [0.29, 0.717) is 19.4 Å². The number of rotatable bonds is 14. The summed E-state index contributed by atoms with van der Waals surface area (Å²) in [6, 6.07) is 2.79. The predicted octanol–water partition coefficient (Wildman–Crippen LogP) is -2.45. The van der Waals surface area contributed by atoms with E-state index >= 15 is 0 Å². The lowest BCUT2D eigenvalue weighted by Crippen LogP contribution is -2.54. The molecule has 0 fully saturated rings. The Kier molecular flexibility index (Phi) is 11.7. The number of unbranched alkanes of at least 4 members (excludes halogenated alkanes) is 1. The van der Waals surface area contributed by atoms with E-state index in [2.05, 4.69) is 16.0 Å². The smallest absolute Gasteiger partial charge is 0.328 e. The number of phenols is 1. The lowest BCUT2D eigenvalue weighted by molar-refractivity contribution is -0.142. The Balaban J connectivity index is 2.67. The van der Waals surface area contributed by atoms with E-state index in [4.69, 9.17) is 21.7 Å². The molecule has 0 radical (unpaired) electrons. The van der Waals surface area contributed by atoms with Gasteiger partial charge in [0.25, 0.3) is 0 Å². The van der Waals surface area contributed by atoms with Crippen LogP contribution in [0.3, 0.4) is 0 Å². The van der Waals surface area contributed by atoms with Gasteiger partial charge in [0.15, 0.2) is 0 Å². The molecule has 0 bridgehead atoms. The Bertz CT molecular complexity index is 772. The molecule has 1 aromatic rings. The molecule has 12 heteroatoms. The molecule has 3 unspecified atom stereocenters. The molecular weight excluding hydrogens is 422 g/mol. The highest BCUT2D eigenvalue weighted by Crippen LogP contribution is 2.11. The first-order chi connectivity index (χ1) is 15.2. The van der Waals surface area contributed by atoms with Crippen LogP contribution in [0.5, 0.6) is 5.75 Å². The van der Waals surface area contributed by atoms with Gasteiger partial charge in [-0.25, -0.2) is 4.79 Å². The fourth-order valence-corrected chi connectivity index (χ4v) is 2.74. The average molecular weight is 453 g/mol. The summed E-state index contributed by atoms with van der Waals surface area (Å²) in [7, 11) is 0. The number of aliphatic hydroxyl groups is 1. The Labute approximate surface area is 185 Å². The first-order valence-electron chi connectivity index (χ1n) is 10.1. The second kappa shape index (κ2) is 14.0. The first-order valence-corrected chi connectivity index (χ1v) is 10.1. The monoisotopic (exact) mass is 453 g/mol. The summed E-state index contributed by atoms with van der Waals surface area (Å²) < 4.78 is 0. The van der Waals surface area contributed by atoms with Crippen molar-refractivity contribution in [3.05, 3.63) is 29.8 Å². The van der Waals surface area contributed by atoms with Gasteiger partial charge >= 0.3 is 5.97 Å². The highest BCUT2D eigenvalue weighted by Gasteiger charge is 2.25. The van der Waals surface area contributed by atoms with Crippen molar-refractivity contribution < 1.29 is 34.5 Å². The Morgan fingerprint density at radius 1 is 0.969 bits per heavy atom. The van der Waals surface area contributed by atoms with Gasteiger partial charge in [0.2, 0.25) is 17.7 Å². The third-order valence-electron chi connectivity index (χ3n) is 4.55. The number of carbonyl (C=O) groups excluding carboxylic acids is 3. The fourth-order valence-electron chi connectivity index (χ4n) is 2.74. The van der Waals surface area contributed by atoms with Gasteiger partial charge in [-0.2, -0.15) is 0 Å². The maximum absolute atomic E-state index is 12.5. The summed E-state index contributed by atoms with van der Waals surface area (Å²) in [5.74, 6) is -3.35. The average Bonchev–Trinajstić information content (AvgIpc) is 2.76. The normalized spacial score (nSPS) is 13.5. The number of nitrogens with one attached hydrogen (secondary N) is 3. The zero-order chi connectivity index (χ0) is 24.1. The van der Waals surface area contributed by atoms with Crippen molar-refractivity contribution in [1.29, 1.82) is 0 Å². The largest absolute Gasteiger partial charge is 0.508 e. The molecule has 0 aliphatic carbocycles. The number of amides is 3. The summed E-state index contributed by atoms with van der Waals surface area (Å²) in [6.07, 6.45) is 1.61. The van der Waals surface area contributed by atoms with Crippen molar-refractivity contribution in [2.24, 2.45) is 11.5 Å². The molecule has 0 spiro atoms. The number of aliphatic carboxylic acids is 1. The SMILES string of the molecule is NCCCCC(NC(=O)C(N)Cc1ccc(O)cc1)C(=O)NCC(=O)NC(CO)C(=O)O. The number of hydrogen-bond acceptors (Lipinski definition) is 8. The Morgan fingerprint density at radius 3 is 2.19 bits per heavy atom. The van der Waals surface area contributed by atoms with Crippen molar-refractivity contribution >= 4 is 23.7 Å². The zero-order valence-electron chi connectivity index (χ0n) is 17.6. The molecule has 12 nitrogen and oxygen atoms in total. The molecule has 0 saturated carbocycles. The zero-order valence-corrected chi connectivity index (χ0v) is 17.6. The number of nitrogens with two attached hydrogens (primary N) is 2. The second-order valence-corrected chi connectivity index (χ2v) is 7.18. The van der Waals surface area contributed by atoms with Crippen LogP contribution in [0.2, 0.25) is 0 Å². The van der Waals surface area contributed by atoms with Gasteiger partial charge < -0.3 is 42.7 Å². The summed E-state index contributed by atoms with van der Waals surface area (Å²) in [4.78, 5) is 47.7. The van der Waals surface area contributed by atoms with E-state index in [1.54, 1.807) is 12.1 Å². The van der Waals surface area contributed by atoms with Gasteiger partial charge in [0, 0.05) is 0 Å². The minimum absolute atomic E-state index is 0.0844. The number of carbonyl (C=O) groups is 4. The van der Waals surface area contributed by atoms with E-state index in [9.17, 15) is 24.3 Å². The maximum Gasteiger partial charge on any atom is 0.328 e. The molecule has 3 atom stereocenters. The van der Waals surface area contributed by atoms with Crippen molar-refractivity contribution in [1.82, 2.24) is 16.0 Å². The van der Waals surface area contributed by atoms with Crippen LogP contribution < -0.4 is 27.4 Å². The highest BCUT2D eigenvalue weighted by atomic mass is 16.4. The van der Waals surface area contributed by atoms with Gasteiger partial charge in [-0.1, -0.05) is 12.1 Å². The van der Waals surface area contributed by atoms with Gasteiger partial charge in [0.1, 0.15) is 17.8 Å². The first kappa shape index (κ1) is 26.8. The molecule has 0 heterocycles. The summed E-state index contributed by atoms with van der Waals surface area (Å²) in [5.41, 5.74) is 12.1. The minimum Gasteiger partial charge on any atom is -0.508 e. The van der Waals surface area contributed by atoms with Crippen LogP contribution in [0.25, 0.3) is 0 Å². The van der Waals surface area contributed by atoms with Crippen LogP contribution in [-0.4, -0.2) is 76.8 Å². The maximum atomic E-state index is 12.5. The molecule has 0 aliphatic rings. The molecular formula is C20H31N5O7. The van der Waals surface area contributed by atoms with Crippen molar-refractivity contribution in [3.63, 3.8) is 0 Å². The second-order valence-electron chi connectivity index (χ2n) is 7.18. The Hall–Kier alpha value is -3.22. The number of aromatic hydroxyl groups is 1. The number of phenolic OH excluding ortho intramolecular Hbond substituents is 1. The summed E-state index contributed by atoms with van der Waals surface area (Å²) in [5, 5.41) is 34.1. The molecule has 0 aromatic heterocycles. The van der Waals surface area contributed by atoms with Crippen LogP contribution in [0.4, 0.5) is 0 Å². The Morgan fingerprint density at radius 2 is 1.62 bits per heavy atom. The number of hydrogen-bond donors (Lipinski definition) is 8. The van der Waals surface area contributed by atoms with Gasteiger partial charge in [-0.15, -0.1) is 0 Å². The van der Waals surface area contributed by atoms with Gasteiger partial charge in [-0.05, 0) is 49.9 Å². The molecule has 0 saturated heterocycles. The molecule has 1 rings (SSSR count). The molecule has 32 heavy (non-hydrogen) atoms. The number of aliphatic hydroxyl groups excluding tert-OH is 1. The van der Waals surface area contributed by atoms with E-state index < -0.39 is 55.0 Å². The van der Waals surface area contributed by atoms with Crippen LogP contribution in [0.15, 0.2) is 24.3 Å². The van der Waals surface area contributed by atoms with Crippen LogP contribution in [0.1, 0.15) is 24.8 Å². The highest BCUT2D eigenvalue weighted by molar-refractivity contribution is 5.92. The van der Waals surface area contributed by atoms with Gasteiger partial charge in [-0.3, -0.25) is 14.4 Å². The quantitative estimate of drug-likeness (QED) is 0.140. The van der Waals surface area contributed by atoms with E-state index in [-0.39, 0.29) is 18.6 Å². The standard InChI is InChI=1S/C20H31N5O7/c21-8-2-1-3-15(19(30)23-10-17(28)24-16(11-26)20(31)32)25-18(29)14(22)9-12-4-6-13(27)7-5-12/h4-7,14-16,26-27H,1-3,8-11,21-22H2,(H,23,30)(H,24,28)(H,25,29)(H,31,32). The molecule has 178 valence electrons. The van der Waals surface area contributed by atoms with Gasteiger partial charge in [0.05, 0.1) is 19.2 Å². The van der Waals surface area contributed by atoms with E-state index in [0.717, 1.165) is 5.56 Å². The summed E-state index contributed by atoms with van der Waals surface area (Å²) in [6.45, 7) is -0.931. The number of carboxylic acids is 1.